The van der Waals surface area contributed by atoms with Gasteiger partial charge in [0.2, 0.25) is 5.89 Å². The Labute approximate surface area is 103 Å². The predicted molar refractivity (Wildman–Crippen MR) is 67.1 cm³/mol. The summed E-state index contributed by atoms with van der Waals surface area (Å²) in [6, 6.07) is 0. The van der Waals surface area contributed by atoms with E-state index in [0.29, 0.717) is 11.8 Å². The molecule has 0 bridgehead atoms. The van der Waals surface area contributed by atoms with Crippen LogP contribution in [0.3, 0.4) is 0 Å². The summed E-state index contributed by atoms with van der Waals surface area (Å²) in [5.74, 6) is 2.56. The highest BCUT2D eigenvalue weighted by atomic mass is 16.5. The minimum Gasteiger partial charge on any atom is -0.339 e. The van der Waals surface area contributed by atoms with Crippen LogP contribution in [0.2, 0.25) is 0 Å². The number of nitrogens with one attached hydrogen (secondary N) is 1. The Morgan fingerprint density at radius 1 is 1.35 bits per heavy atom. The van der Waals surface area contributed by atoms with Gasteiger partial charge in [-0.25, -0.2) is 0 Å². The Hall–Kier alpha value is -0.900. The first-order valence-corrected chi connectivity index (χ1v) is 6.85. The molecule has 96 valence electrons. The van der Waals surface area contributed by atoms with Crippen LogP contribution in [-0.4, -0.2) is 23.2 Å². The lowest BCUT2D eigenvalue weighted by molar-refractivity contribution is 0.342. The lowest BCUT2D eigenvalue weighted by Gasteiger charge is -2.17. The Morgan fingerprint density at radius 3 is 2.82 bits per heavy atom. The molecular formula is C13H23N3O. The second kappa shape index (κ2) is 6.15. The van der Waals surface area contributed by atoms with Crippen LogP contribution in [0, 0.1) is 0 Å². The SMILES string of the molecule is CCNCC(C)c1nc(C2CCCCC2)no1. The van der Waals surface area contributed by atoms with Crippen LogP contribution in [0.4, 0.5) is 0 Å². The highest BCUT2D eigenvalue weighted by Crippen LogP contribution is 2.31. The van der Waals surface area contributed by atoms with E-state index in [1.54, 1.807) is 0 Å². The van der Waals surface area contributed by atoms with Crippen molar-refractivity contribution in [1.29, 1.82) is 0 Å². The molecule has 4 heteroatoms. The molecule has 1 aliphatic rings. The smallest absolute Gasteiger partial charge is 0.230 e. The summed E-state index contributed by atoms with van der Waals surface area (Å²) < 4.78 is 5.38. The number of aromatic nitrogens is 2. The van der Waals surface area contributed by atoms with Gasteiger partial charge in [0.05, 0.1) is 0 Å². The maximum atomic E-state index is 5.38. The third-order valence-electron chi connectivity index (χ3n) is 3.55. The fourth-order valence-corrected chi connectivity index (χ4v) is 2.42. The van der Waals surface area contributed by atoms with Crippen LogP contribution in [0.5, 0.6) is 0 Å². The Bertz CT molecular complexity index is 331. The predicted octanol–water partition coefficient (Wildman–Crippen LogP) is 2.83. The van der Waals surface area contributed by atoms with Crippen molar-refractivity contribution in [3.8, 4) is 0 Å². The van der Waals surface area contributed by atoms with Crippen LogP contribution < -0.4 is 5.32 Å². The summed E-state index contributed by atoms with van der Waals surface area (Å²) in [4.78, 5) is 4.57. The van der Waals surface area contributed by atoms with Crippen molar-refractivity contribution in [2.45, 2.75) is 57.8 Å². The van der Waals surface area contributed by atoms with E-state index in [1.165, 1.54) is 32.1 Å². The molecule has 0 amide bonds. The lowest BCUT2D eigenvalue weighted by atomic mass is 9.89. The number of likely N-dealkylation sites (N-methyl/N-ethyl adjacent to an activating group) is 1. The Morgan fingerprint density at radius 2 is 2.12 bits per heavy atom. The first-order valence-electron chi connectivity index (χ1n) is 6.85. The maximum Gasteiger partial charge on any atom is 0.230 e. The molecule has 1 fully saturated rings. The fraction of sp³-hybridized carbons (Fsp3) is 0.846. The molecule has 0 radical (unpaired) electrons. The molecule has 0 aromatic carbocycles. The molecule has 1 aromatic heterocycles. The minimum atomic E-state index is 0.305. The Balaban J connectivity index is 1.94. The van der Waals surface area contributed by atoms with Gasteiger partial charge in [0.1, 0.15) is 0 Å². The molecule has 2 rings (SSSR count). The second-order valence-electron chi connectivity index (χ2n) is 5.03. The first-order chi connectivity index (χ1) is 8.31. The van der Waals surface area contributed by atoms with Crippen LogP contribution in [0.15, 0.2) is 4.52 Å². The van der Waals surface area contributed by atoms with Crippen LogP contribution in [-0.2, 0) is 0 Å². The van der Waals surface area contributed by atoms with Gasteiger partial charge < -0.3 is 9.84 Å². The van der Waals surface area contributed by atoms with E-state index in [1.807, 2.05) is 0 Å². The zero-order valence-electron chi connectivity index (χ0n) is 10.9. The van der Waals surface area contributed by atoms with Crippen LogP contribution >= 0.6 is 0 Å². The summed E-state index contributed by atoms with van der Waals surface area (Å²) in [5, 5.41) is 7.46. The van der Waals surface area contributed by atoms with Gasteiger partial charge in [-0.1, -0.05) is 38.3 Å². The van der Waals surface area contributed by atoms with Crippen molar-refractivity contribution in [2.24, 2.45) is 0 Å². The highest BCUT2D eigenvalue weighted by Gasteiger charge is 2.22. The van der Waals surface area contributed by atoms with Crippen molar-refractivity contribution >= 4 is 0 Å². The second-order valence-corrected chi connectivity index (χ2v) is 5.03. The molecular weight excluding hydrogens is 214 g/mol. The molecule has 1 aromatic rings. The average Bonchev–Trinajstić information content (AvgIpc) is 2.86. The molecule has 1 unspecified atom stereocenters. The average molecular weight is 237 g/mol. The van der Waals surface area contributed by atoms with Crippen LogP contribution in [0.1, 0.15) is 69.5 Å². The van der Waals surface area contributed by atoms with Gasteiger partial charge in [0, 0.05) is 18.4 Å². The van der Waals surface area contributed by atoms with Crippen LogP contribution in [0.25, 0.3) is 0 Å². The standard InChI is InChI=1S/C13H23N3O/c1-3-14-9-10(2)13-15-12(16-17-13)11-7-5-4-6-8-11/h10-11,14H,3-9H2,1-2H3. The quantitative estimate of drug-likeness (QED) is 0.855. The van der Waals surface area contributed by atoms with E-state index in [0.717, 1.165) is 24.8 Å². The summed E-state index contributed by atoms with van der Waals surface area (Å²) in [6.45, 7) is 6.12. The molecule has 1 heterocycles. The Kier molecular flexibility index (Phi) is 4.54. The monoisotopic (exact) mass is 237 g/mol. The van der Waals surface area contributed by atoms with Crippen molar-refractivity contribution in [2.75, 3.05) is 13.1 Å². The summed E-state index contributed by atoms with van der Waals surface area (Å²) in [7, 11) is 0. The lowest BCUT2D eigenvalue weighted by Crippen LogP contribution is -2.19. The van der Waals surface area contributed by atoms with E-state index >= 15 is 0 Å². The van der Waals surface area contributed by atoms with E-state index in [2.05, 4.69) is 29.3 Å². The number of hydrogen-bond acceptors (Lipinski definition) is 4. The maximum absolute atomic E-state index is 5.38. The van der Waals surface area contributed by atoms with Gasteiger partial charge in [0.25, 0.3) is 0 Å². The molecule has 1 saturated carbocycles. The summed E-state index contributed by atoms with van der Waals surface area (Å²) in [5.41, 5.74) is 0. The largest absolute Gasteiger partial charge is 0.339 e. The van der Waals surface area contributed by atoms with Gasteiger partial charge in [-0.05, 0) is 19.4 Å². The zero-order valence-corrected chi connectivity index (χ0v) is 10.9. The first kappa shape index (κ1) is 12.6. The summed E-state index contributed by atoms with van der Waals surface area (Å²) >= 11 is 0. The minimum absolute atomic E-state index is 0.305. The molecule has 1 atom stereocenters. The summed E-state index contributed by atoms with van der Waals surface area (Å²) in [6.07, 6.45) is 6.42. The molecule has 0 saturated heterocycles. The molecule has 1 aliphatic carbocycles. The van der Waals surface area contributed by atoms with Gasteiger partial charge in [0.15, 0.2) is 5.82 Å². The molecule has 4 nitrogen and oxygen atoms in total. The topological polar surface area (TPSA) is 51.0 Å². The molecule has 1 N–H and O–H groups in total. The van der Waals surface area contributed by atoms with E-state index < -0.39 is 0 Å². The van der Waals surface area contributed by atoms with Gasteiger partial charge in [-0.15, -0.1) is 0 Å². The third-order valence-corrected chi connectivity index (χ3v) is 3.55. The van der Waals surface area contributed by atoms with Crippen molar-refractivity contribution in [1.82, 2.24) is 15.5 Å². The van der Waals surface area contributed by atoms with E-state index in [9.17, 15) is 0 Å². The van der Waals surface area contributed by atoms with Crippen molar-refractivity contribution < 1.29 is 4.52 Å². The molecule has 0 aliphatic heterocycles. The normalized spacial score (nSPS) is 19.4. The third kappa shape index (κ3) is 3.28. The van der Waals surface area contributed by atoms with Gasteiger partial charge >= 0.3 is 0 Å². The van der Waals surface area contributed by atoms with Gasteiger partial charge in [-0.2, -0.15) is 4.98 Å². The molecule has 17 heavy (non-hydrogen) atoms. The van der Waals surface area contributed by atoms with Gasteiger partial charge in [-0.3, -0.25) is 0 Å². The van der Waals surface area contributed by atoms with Crippen molar-refractivity contribution in [3.63, 3.8) is 0 Å². The fourth-order valence-electron chi connectivity index (χ4n) is 2.42. The van der Waals surface area contributed by atoms with E-state index in [-0.39, 0.29) is 0 Å². The number of hydrogen-bond donors (Lipinski definition) is 1. The zero-order chi connectivity index (χ0) is 12.1. The molecule has 0 spiro atoms. The number of rotatable bonds is 5. The van der Waals surface area contributed by atoms with Crippen molar-refractivity contribution in [3.05, 3.63) is 11.7 Å². The highest BCUT2D eigenvalue weighted by molar-refractivity contribution is 4.99. The van der Waals surface area contributed by atoms with E-state index in [4.69, 9.17) is 4.52 Å². The number of nitrogens with zero attached hydrogens (tertiary/aromatic N) is 2.